The molecule has 1 heterocycles. The molecule has 2 rings (SSSR count). The molecule has 0 fully saturated rings. The summed E-state index contributed by atoms with van der Waals surface area (Å²) in [6.07, 6.45) is 2.92. The molecular weight excluding hydrogens is 336 g/mol. The highest BCUT2D eigenvalue weighted by Gasteiger charge is 2.13. The summed E-state index contributed by atoms with van der Waals surface area (Å²) in [5, 5.41) is 0. The van der Waals surface area contributed by atoms with Crippen molar-refractivity contribution in [3.63, 3.8) is 0 Å². The maximum atomic E-state index is 12.0. The second kappa shape index (κ2) is 8.75. The van der Waals surface area contributed by atoms with Crippen molar-refractivity contribution in [2.24, 2.45) is 0 Å². The lowest BCUT2D eigenvalue weighted by molar-refractivity contribution is -0.117. The van der Waals surface area contributed by atoms with E-state index in [4.69, 9.17) is 13.9 Å². The van der Waals surface area contributed by atoms with Gasteiger partial charge in [-0.15, -0.1) is 0 Å². The first kappa shape index (κ1) is 19.1. The van der Waals surface area contributed by atoms with Crippen LogP contribution < -0.4 is 20.3 Å². The maximum Gasteiger partial charge on any atom is 0.273 e. The molecule has 138 valence electrons. The van der Waals surface area contributed by atoms with E-state index in [1.807, 2.05) is 6.92 Å². The Bertz CT molecular complexity index is 823. The van der Waals surface area contributed by atoms with Crippen molar-refractivity contribution in [2.75, 3.05) is 13.7 Å². The van der Waals surface area contributed by atoms with Crippen molar-refractivity contribution in [3.8, 4) is 11.5 Å². The summed E-state index contributed by atoms with van der Waals surface area (Å²) in [4.78, 5) is 23.9. The van der Waals surface area contributed by atoms with Crippen LogP contribution in [0.3, 0.4) is 0 Å². The molecule has 0 aliphatic heterocycles. The molecule has 0 atom stereocenters. The van der Waals surface area contributed by atoms with Crippen molar-refractivity contribution in [1.82, 2.24) is 10.9 Å². The highest BCUT2D eigenvalue weighted by molar-refractivity contribution is 5.98. The van der Waals surface area contributed by atoms with Crippen LogP contribution in [0.5, 0.6) is 11.5 Å². The van der Waals surface area contributed by atoms with Gasteiger partial charge in [0.05, 0.1) is 19.3 Å². The zero-order chi connectivity index (χ0) is 19.1. The monoisotopic (exact) mass is 358 g/mol. The number of rotatable bonds is 6. The van der Waals surface area contributed by atoms with Crippen LogP contribution in [0.4, 0.5) is 0 Å². The number of carbonyl (C=O) groups excluding carboxylic acids is 2. The van der Waals surface area contributed by atoms with Gasteiger partial charge in [-0.05, 0) is 50.6 Å². The Balaban J connectivity index is 1.96. The maximum absolute atomic E-state index is 12.0. The number of carbonyl (C=O) groups is 2. The fourth-order valence-electron chi connectivity index (χ4n) is 2.32. The van der Waals surface area contributed by atoms with Crippen LogP contribution in [-0.4, -0.2) is 25.5 Å². The van der Waals surface area contributed by atoms with E-state index in [2.05, 4.69) is 10.9 Å². The number of methoxy groups -OCH3 is 1. The molecule has 0 bridgehead atoms. The Morgan fingerprint density at radius 3 is 2.54 bits per heavy atom. The summed E-state index contributed by atoms with van der Waals surface area (Å²) in [5.41, 5.74) is 5.81. The number of amides is 2. The van der Waals surface area contributed by atoms with Crippen molar-refractivity contribution < 1.29 is 23.5 Å². The van der Waals surface area contributed by atoms with Crippen molar-refractivity contribution in [2.45, 2.75) is 20.8 Å². The normalized spacial score (nSPS) is 10.6. The predicted molar refractivity (Wildman–Crippen MR) is 97.0 cm³/mol. The number of ether oxygens (including phenoxy) is 2. The van der Waals surface area contributed by atoms with Crippen LogP contribution >= 0.6 is 0 Å². The lowest BCUT2D eigenvalue weighted by atomic mass is 10.2. The largest absolute Gasteiger partial charge is 0.493 e. The summed E-state index contributed by atoms with van der Waals surface area (Å²) < 4.78 is 16.0. The van der Waals surface area contributed by atoms with Gasteiger partial charge in [0.1, 0.15) is 11.5 Å². The number of hydrazine groups is 1. The number of benzene rings is 1. The van der Waals surface area contributed by atoms with Gasteiger partial charge in [0.15, 0.2) is 11.5 Å². The van der Waals surface area contributed by atoms with E-state index in [1.54, 1.807) is 51.3 Å². The molecule has 1 aromatic carbocycles. The Morgan fingerprint density at radius 1 is 1.15 bits per heavy atom. The molecule has 0 saturated carbocycles. The first-order valence-electron chi connectivity index (χ1n) is 8.10. The summed E-state index contributed by atoms with van der Waals surface area (Å²) >= 11 is 0. The highest BCUT2D eigenvalue weighted by atomic mass is 16.5. The minimum absolute atomic E-state index is 0.378. The Hall–Kier alpha value is -3.22. The van der Waals surface area contributed by atoms with Gasteiger partial charge in [-0.3, -0.25) is 20.4 Å². The Kier molecular flexibility index (Phi) is 6.43. The van der Waals surface area contributed by atoms with E-state index >= 15 is 0 Å². The molecule has 2 N–H and O–H groups in total. The number of nitrogens with one attached hydrogen (secondary N) is 2. The number of hydrogen-bond donors (Lipinski definition) is 2. The lowest BCUT2D eigenvalue weighted by Crippen LogP contribution is -2.40. The average Bonchev–Trinajstić information content (AvgIpc) is 2.96. The van der Waals surface area contributed by atoms with Gasteiger partial charge in [-0.25, -0.2) is 0 Å². The van der Waals surface area contributed by atoms with Gasteiger partial charge in [-0.1, -0.05) is 6.07 Å². The standard InChI is InChI=1S/C19H22N2O5/c1-5-25-17-11-14(6-8-16(17)24-4)7-9-18(22)20-21-19(23)15-10-12(2)26-13(15)3/h6-11H,5H2,1-4H3,(H,20,22)(H,21,23)/b9-7+. The quantitative estimate of drug-likeness (QED) is 0.612. The Labute approximate surface area is 151 Å². The van der Waals surface area contributed by atoms with Gasteiger partial charge in [0.25, 0.3) is 11.8 Å². The third-order valence-corrected chi connectivity index (χ3v) is 3.50. The Morgan fingerprint density at radius 2 is 1.92 bits per heavy atom. The van der Waals surface area contributed by atoms with Gasteiger partial charge in [0, 0.05) is 6.08 Å². The molecule has 0 radical (unpaired) electrons. The SMILES string of the molecule is CCOc1cc(/C=C/C(=O)NNC(=O)c2cc(C)oc2C)ccc1OC. The third kappa shape index (κ3) is 4.89. The van der Waals surface area contributed by atoms with Gasteiger partial charge < -0.3 is 13.9 Å². The molecule has 0 saturated heterocycles. The van der Waals surface area contributed by atoms with E-state index in [0.717, 1.165) is 5.56 Å². The van der Waals surface area contributed by atoms with Crippen LogP contribution in [-0.2, 0) is 4.79 Å². The van der Waals surface area contributed by atoms with E-state index in [9.17, 15) is 9.59 Å². The fourth-order valence-corrected chi connectivity index (χ4v) is 2.32. The van der Waals surface area contributed by atoms with Crippen LogP contribution in [0, 0.1) is 13.8 Å². The van der Waals surface area contributed by atoms with Crippen LogP contribution in [0.15, 0.2) is 34.8 Å². The third-order valence-electron chi connectivity index (χ3n) is 3.50. The first-order valence-corrected chi connectivity index (χ1v) is 8.10. The smallest absolute Gasteiger partial charge is 0.273 e. The van der Waals surface area contributed by atoms with Crippen molar-refractivity contribution in [1.29, 1.82) is 0 Å². The molecule has 1 aromatic heterocycles. The minimum Gasteiger partial charge on any atom is -0.493 e. The average molecular weight is 358 g/mol. The molecule has 0 unspecified atom stereocenters. The minimum atomic E-state index is -0.468. The zero-order valence-electron chi connectivity index (χ0n) is 15.2. The van der Waals surface area contributed by atoms with Gasteiger partial charge in [0.2, 0.25) is 0 Å². The van der Waals surface area contributed by atoms with E-state index in [-0.39, 0.29) is 0 Å². The van der Waals surface area contributed by atoms with Crippen LogP contribution in [0.1, 0.15) is 34.4 Å². The first-order chi connectivity index (χ1) is 12.4. The highest BCUT2D eigenvalue weighted by Crippen LogP contribution is 2.28. The molecular formula is C19H22N2O5. The molecule has 0 aliphatic carbocycles. The van der Waals surface area contributed by atoms with Crippen molar-refractivity contribution >= 4 is 17.9 Å². The van der Waals surface area contributed by atoms with Gasteiger partial charge in [-0.2, -0.15) is 0 Å². The van der Waals surface area contributed by atoms with Crippen LogP contribution in [0.2, 0.25) is 0 Å². The molecule has 7 nitrogen and oxygen atoms in total. The number of aryl methyl sites for hydroxylation is 2. The topological polar surface area (TPSA) is 89.8 Å². The molecule has 0 spiro atoms. The van der Waals surface area contributed by atoms with Crippen LogP contribution in [0.25, 0.3) is 6.08 Å². The summed E-state index contributed by atoms with van der Waals surface area (Å²) in [5.74, 6) is 1.42. The van der Waals surface area contributed by atoms with Gasteiger partial charge >= 0.3 is 0 Å². The molecule has 0 aliphatic rings. The van der Waals surface area contributed by atoms with E-state index in [1.165, 1.54) is 6.08 Å². The number of hydrogen-bond acceptors (Lipinski definition) is 5. The molecule has 7 heteroatoms. The second-order valence-corrected chi connectivity index (χ2v) is 5.45. The predicted octanol–water partition coefficient (Wildman–Crippen LogP) is 2.78. The zero-order valence-corrected chi connectivity index (χ0v) is 15.2. The molecule has 2 aromatic rings. The summed E-state index contributed by atoms with van der Waals surface area (Å²) in [7, 11) is 1.56. The fraction of sp³-hybridized carbons (Fsp3) is 0.263. The van der Waals surface area contributed by atoms with E-state index in [0.29, 0.717) is 35.2 Å². The molecule has 2 amide bonds. The molecule has 26 heavy (non-hydrogen) atoms. The lowest BCUT2D eigenvalue weighted by Gasteiger charge is -2.09. The second-order valence-electron chi connectivity index (χ2n) is 5.45. The summed E-state index contributed by atoms with van der Waals surface area (Å²) in [6, 6.07) is 6.93. The van der Waals surface area contributed by atoms with Crippen molar-refractivity contribution in [3.05, 3.63) is 53.0 Å². The van der Waals surface area contributed by atoms with E-state index < -0.39 is 11.8 Å². The number of furan rings is 1. The summed E-state index contributed by atoms with van der Waals surface area (Å²) in [6.45, 7) is 5.81.